The van der Waals surface area contributed by atoms with Crippen LogP contribution >= 0.6 is 0 Å². The van der Waals surface area contributed by atoms with E-state index in [0.717, 1.165) is 31.3 Å². The number of hydrogen-bond acceptors (Lipinski definition) is 3. The number of hydrogen-bond donors (Lipinski definition) is 2. The Labute approximate surface area is 130 Å². The standard InChI is InChI=1S/C18H32O3/c1-14(2)7-6-8-16(5)11-18(10-9-15(3)4)21-13-17(20)12-19/h7,9,17-20H,5-6,8,10-13H2,1-4H3. The number of allylic oxidation sites excluding steroid dienone is 3. The average Bonchev–Trinajstić information content (AvgIpc) is 2.40. The van der Waals surface area contributed by atoms with Crippen molar-refractivity contribution in [3.05, 3.63) is 35.5 Å². The lowest BCUT2D eigenvalue weighted by Crippen LogP contribution is -2.24. The van der Waals surface area contributed by atoms with Crippen molar-refractivity contribution in [2.24, 2.45) is 0 Å². The molecule has 0 saturated carbocycles. The summed E-state index contributed by atoms with van der Waals surface area (Å²) in [5.74, 6) is 0. The largest absolute Gasteiger partial charge is 0.394 e. The number of aliphatic hydroxyl groups excluding tert-OH is 2. The van der Waals surface area contributed by atoms with Crippen molar-refractivity contribution in [3.63, 3.8) is 0 Å². The lowest BCUT2D eigenvalue weighted by Gasteiger charge is -2.19. The normalized spacial score (nSPS) is 13.4. The summed E-state index contributed by atoms with van der Waals surface area (Å²) >= 11 is 0. The zero-order chi connectivity index (χ0) is 16.3. The van der Waals surface area contributed by atoms with Crippen LogP contribution in [0, 0.1) is 0 Å². The molecular weight excluding hydrogens is 264 g/mol. The molecule has 0 radical (unpaired) electrons. The first kappa shape index (κ1) is 20.1. The first-order valence-electron chi connectivity index (χ1n) is 7.69. The van der Waals surface area contributed by atoms with Crippen molar-refractivity contribution in [2.75, 3.05) is 13.2 Å². The third-order valence-electron chi connectivity index (χ3n) is 3.09. The Morgan fingerprint density at radius 3 is 2.29 bits per heavy atom. The summed E-state index contributed by atoms with van der Waals surface area (Å²) in [6, 6.07) is 0. The maximum atomic E-state index is 9.40. The highest BCUT2D eigenvalue weighted by Crippen LogP contribution is 2.17. The molecule has 0 aliphatic carbocycles. The molecule has 0 aromatic carbocycles. The highest BCUT2D eigenvalue weighted by molar-refractivity contribution is 5.03. The fraction of sp³-hybridized carbons (Fsp3) is 0.667. The van der Waals surface area contributed by atoms with Crippen molar-refractivity contribution < 1.29 is 14.9 Å². The van der Waals surface area contributed by atoms with Gasteiger partial charge >= 0.3 is 0 Å². The predicted octanol–water partition coefficient (Wildman–Crippen LogP) is 3.77. The molecule has 0 fully saturated rings. The molecule has 0 aliphatic heterocycles. The van der Waals surface area contributed by atoms with Crippen LogP contribution in [-0.4, -0.2) is 35.6 Å². The second-order valence-electron chi connectivity index (χ2n) is 6.08. The van der Waals surface area contributed by atoms with Gasteiger partial charge in [-0.05, 0) is 53.4 Å². The Bertz CT molecular complexity index is 347. The monoisotopic (exact) mass is 296 g/mol. The van der Waals surface area contributed by atoms with Gasteiger partial charge in [0, 0.05) is 0 Å². The van der Waals surface area contributed by atoms with Gasteiger partial charge in [0.2, 0.25) is 0 Å². The molecule has 0 aliphatic rings. The van der Waals surface area contributed by atoms with Crippen LogP contribution in [-0.2, 0) is 4.74 Å². The van der Waals surface area contributed by atoms with Gasteiger partial charge in [0.05, 0.1) is 19.3 Å². The molecule has 3 heteroatoms. The van der Waals surface area contributed by atoms with Gasteiger partial charge in [-0.2, -0.15) is 0 Å². The van der Waals surface area contributed by atoms with Crippen LogP contribution in [0.4, 0.5) is 0 Å². The third kappa shape index (κ3) is 12.5. The van der Waals surface area contributed by atoms with Gasteiger partial charge in [0.1, 0.15) is 6.10 Å². The minimum absolute atomic E-state index is 0.0142. The van der Waals surface area contributed by atoms with Gasteiger partial charge < -0.3 is 14.9 Å². The molecule has 0 rings (SSSR count). The third-order valence-corrected chi connectivity index (χ3v) is 3.09. The van der Waals surface area contributed by atoms with E-state index in [9.17, 15) is 5.11 Å². The van der Waals surface area contributed by atoms with E-state index >= 15 is 0 Å². The summed E-state index contributed by atoms with van der Waals surface area (Å²) in [5.41, 5.74) is 3.74. The molecule has 2 atom stereocenters. The maximum absolute atomic E-state index is 9.40. The van der Waals surface area contributed by atoms with Crippen molar-refractivity contribution in [2.45, 2.75) is 65.6 Å². The molecule has 0 spiro atoms. The Hall–Kier alpha value is -0.900. The minimum atomic E-state index is -0.807. The molecule has 0 aromatic heterocycles. The van der Waals surface area contributed by atoms with Gasteiger partial charge in [0.25, 0.3) is 0 Å². The van der Waals surface area contributed by atoms with Crippen molar-refractivity contribution >= 4 is 0 Å². The zero-order valence-corrected chi connectivity index (χ0v) is 14.1. The Morgan fingerprint density at radius 2 is 1.76 bits per heavy atom. The van der Waals surface area contributed by atoms with Gasteiger partial charge in [-0.3, -0.25) is 0 Å². The quantitative estimate of drug-likeness (QED) is 0.571. The van der Waals surface area contributed by atoms with Crippen molar-refractivity contribution in [1.82, 2.24) is 0 Å². The second kappa shape index (κ2) is 11.7. The van der Waals surface area contributed by atoms with E-state index in [1.807, 2.05) is 0 Å². The van der Waals surface area contributed by atoms with E-state index in [2.05, 4.69) is 46.4 Å². The van der Waals surface area contributed by atoms with Crippen LogP contribution in [0.2, 0.25) is 0 Å². The molecule has 3 nitrogen and oxygen atoms in total. The minimum Gasteiger partial charge on any atom is -0.394 e. The van der Waals surface area contributed by atoms with Crippen LogP contribution in [0.15, 0.2) is 35.5 Å². The number of rotatable bonds is 11. The highest BCUT2D eigenvalue weighted by Gasteiger charge is 2.12. The number of ether oxygens (including phenoxy) is 1. The summed E-state index contributed by atoms with van der Waals surface area (Å²) in [5, 5.41) is 18.3. The molecule has 0 bridgehead atoms. The average molecular weight is 296 g/mol. The Morgan fingerprint density at radius 1 is 1.14 bits per heavy atom. The SMILES string of the molecule is C=C(CCC=C(C)C)CC(CC=C(C)C)OCC(O)CO. The fourth-order valence-corrected chi connectivity index (χ4v) is 1.87. The fourth-order valence-electron chi connectivity index (χ4n) is 1.87. The summed E-state index contributed by atoms with van der Waals surface area (Å²) in [6.45, 7) is 12.3. The molecule has 0 aromatic rings. The Kier molecular flexibility index (Phi) is 11.2. The van der Waals surface area contributed by atoms with Crippen molar-refractivity contribution in [1.29, 1.82) is 0 Å². The van der Waals surface area contributed by atoms with E-state index in [1.54, 1.807) is 0 Å². The first-order valence-corrected chi connectivity index (χ1v) is 7.69. The first-order chi connectivity index (χ1) is 9.85. The summed E-state index contributed by atoms with van der Waals surface area (Å²) < 4.78 is 5.71. The molecule has 0 saturated heterocycles. The van der Waals surface area contributed by atoms with Gasteiger partial charge in [-0.25, -0.2) is 0 Å². The molecule has 2 unspecified atom stereocenters. The predicted molar refractivity (Wildman–Crippen MR) is 89.3 cm³/mol. The van der Waals surface area contributed by atoms with Crippen LogP contribution in [0.3, 0.4) is 0 Å². The second-order valence-corrected chi connectivity index (χ2v) is 6.08. The molecule has 122 valence electrons. The zero-order valence-electron chi connectivity index (χ0n) is 14.1. The molecule has 2 N–H and O–H groups in total. The topological polar surface area (TPSA) is 49.7 Å². The molecular formula is C18H32O3. The van der Waals surface area contributed by atoms with E-state index < -0.39 is 6.10 Å². The van der Waals surface area contributed by atoms with E-state index in [0.29, 0.717) is 0 Å². The van der Waals surface area contributed by atoms with Crippen LogP contribution in [0.1, 0.15) is 53.4 Å². The lowest BCUT2D eigenvalue weighted by atomic mass is 10.0. The molecule has 0 amide bonds. The highest BCUT2D eigenvalue weighted by atomic mass is 16.5. The van der Waals surface area contributed by atoms with E-state index in [-0.39, 0.29) is 19.3 Å². The number of aliphatic hydroxyl groups is 2. The van der Waals surface area contributed by atoms with Crippen LogP contribution in [0.5, 0.6) is 0 Å². The summed E-state index contributed by atoms with van der Waals surface area (Å²) in [4.78, 5) is 0. The molecule has 0 heterocycles. The smallest absolute Gasteiger partial charge is 0.100 e. The molecule has 21 heavy (non-hydrogen) atoms. The lowest BCUT2D eigenvalue weighted by molar-refractivity contribution is -0.0273. The van der Waals surface area contributed by atoms with Crippen LogP contribution in [0.25, 0.3) is 0 Å². The van der Waals surface area contributed by atoms with Gasteiger partial charge in [-0.15, -0.1) is 0 Å². The summed E-state index contributed by atoms with van der Waals surface area (Å²) in [6.07, 6.45) is 7.13. The summed E-state index contributed by atoms with van der Waals surface area (Å²) in [7, 11) is 0. The van der Waals surface area contributed by atoms with Crippen LogP contribution < -0.4 is 0 Å². The van der Waals surface area contributed by atoms with Gasteiger partial charge in [-0.1, -0.05) is 35.5 Å². The van der Waals surface area contributed by atoms with E-state index in [1.165, 1.54) is 11.1 Å². The van der Waals surface area contributed by atoms with E-state index in [4.69, 9.17) is 9.84 Å². The Balaban J connectivity index is 4.33. The van der Waals surface area contributed by atoms with Crippen molar-refractivity contribution in [3.8, 4) is 0 Å². The maximum Gasteiger partial charge on any atom is 0.100 e. The van der Waals surface area contributed by atoms with Gasteiger partial charge in [0.15, 0.2) is 0 Å².